The van der Waals surface area contributed by atoms with Crippen LogP contribution in [0.2, 0.25) is 0 Å². The van der Waals surface area contributed by atoms with Crippen molar-refractivity contribution in [3.63, 3.8) is 0 Å². The third-order valence-corrected chi connectivity index (χ3v) is 6.65. The molecule has 3 heteroatoms. The quantitative estimate of drug-likeness (QED) is 0.234. The minimum atomic E-state index is 0.630. The lowest BCUT2D eigenvalue weighted by atomic mass is 9.92. The standard InChI is InChI=1S/C29H34N3/c1-17(2)12-21-15-25-26(16-22(21)13-18(3)4)32-24-11-9-8-10-23(24)28-27(29(32)31(25)7)19(5)14-20(6)30-28/h8-11,14-18H,12-13H2,1-7H3/q+1. The first-order chi connectivity index (χ1) is 15.3. The van der Waals surface area contributed by atoms with Gasteiger partial charge in [0.2, 0.25) is 0 Å². The molecule has 0 aliphatic rings. The zero-order valence-electron chi connectivity index (χ0n) is 20.5. The number of hydrogen-bond donors (Lipinski definition) is 0. The number of aryl methyl sites for hydroxylation is 3. The molecule has 5 aromatic rings. The molecule has 3 nitrogen and oxygen atoms in total. The van der Waals surface area contributed by atoms with E-state index in [2.05, 4.69) is 100 Å². The zero-order valence-corrected chi connectivity index (χ0v) is 20.5. The number of para-hydroxylation sites is 1. The Hall–Kier alpha value is -2.94. The molecule has 0 fully saturated rings. The van der Waals surface area contributed by atoms with E-state index in [9.17, 15) is 0 Å². The second kappa shape index (κ2) is 7.58. The number of pyridine rings is 2. The van der Waals surface area contributed by atoms with E-state index in [1.165, 1.54) is 49.7 Å². The van der Waals surface area contributed by atoms with Gasteiger partial charge in [0, 0.05) is 11.1 Å². The van der Waals surface area contributed by atoms with Crippen molar-refractivity contribution in [3.8, 4) is 0 Å². The fraction of sp³-hybridized carbons (Fsp3) is 0.379. The van der Waals surface area contributed by atoms with Gasteiger partial charge in [-0.1, -0.05) is 39.8 Å². The van der Waals surface area contributed by atoms with E-state index in [4.69, 9.17) is 4.98 Å². The maximum atomic E-state index is 5.01. The topological polar surface area (TPSA) is 21.2 Å². The van der Waals surface area contributed by atoms with Crippen molar-refractivity contribution in [2.75, 3.05) is 0 Å². The Bertz CT molecular complexity index is 1500. The monoisotopic (exact) mass is 424 g/mol. The summed E-state index contributed by atoms with van der Waals surface area (Å²) >= 11 is 0. The average Bonchev–Trinajstić information content (AvgIpc) is 2.99. The summed E-state index contributed by atoms with van der Waals surface area (Å²) < 4.78 is 4.86. The molecule has 0 saturated heterocycles. The van der Waals surface area contributed by atoms with Gasteiger partial charge < -0.3 is 0 Å². The number of imidazole rings is 1. The maximum absolute atomic E-state index is 5.01. The molecule has 164 valence electrons. The maximum Gasteiger partial charge on any atom is 0.297 e. The molecular formula is C29H34N3+. The Morgan fingerprint density at radius 1 is 0.875 bits per heavy atom. The minimum Gasteiger partial charge on any atom is -0.252 e. The summed E-state index contributed by atoms with van der Waals surface area (Å²) in [6.45, 7) is 13.6. The number of benzene rings is 2. The van der Waals surface area contributed by atoms with Crippen molar-refractivity contribution in [1.82, 2.24) is 9.38 Å². The van der Waals surface area contributed by atoms with Crippen LogP contribution in [0, 0.1) is 25.7 Å². The van der Waals surface area contributed by atoms with Crippen LogP contribution < -0.4 is 4.57 Å². The van der Waals surface area contributed by atoms with Gasteiger partial charge in [0.15, 0.2) is 11.0 Å². The van der Waals surface area contributed by atoms with Gasteiger partial charge in [-0.2, -0.15) is 4.40 Å². The van der Waals surface area contributed by atoms with Crippen LogP contribution >= 0.6 is 0 Å². The van der Waals surface area contributed by atoms with E-state index >= 15 is 0 Å². The Morgan fingerprint density at radius 3 is 2.22 bits per heavy atom. The first kappa shape index (κ1) is 20.9. The van der Waals surface area contributed by atoms with Crippen molar-refractivity contribution >= 4 is 38.5 Å². The van der Waals surface area contributed by atoms with E-state index in [0.29, 0.717) is 11.8 Å². The summed E-state index contributed by atoms with van der Waals surface area (Å²) in [6, 6.07) is 15.9. The van der Waals surface area contributed by atoms with Crippen LogP contribution in [0.4, 0.5) is 0 Å². The van der Waals surface area contributed by atoms with Gasteiger partial charge in [0.1, 0.15) is 5.52 Å². The van der Waals surface area contributed by atoms with Gasteiger partial charge in [-0.25, -0.2) is 4.57 Å². The molecular weight excluding hydrogens is 390 g/mol. The molecule has 32 heavy (non-hydrogen) atoms. The van der Waals surface area contributed by atoms with E-state index in [1.807, 2.05) is 0 Å². The van der Waals surface area contributed by atoms with Gasteiger partial charge >= 0.3 is 0 Å². The number of aromatic nitrogens is 3. The fourth-order valence-corrected chi connectivity index (χ4v) is 5.46. The van der Waals surface area contributed by atoms with Crippen LogP contribution in [0.15, 0.2) is 42.5 Å². The molecule has 0 spiro atoms. The van der Waals surface area contributed by atoms with E-state index in [-0.39, 0.29) is 0 Å². The van der Waals surface area contributed by atoms with Gasteiger partial charge in [-0.3, -0.25) is 4.98 Å². The summed E-state index contributed by atoms with van der Waals surface area (Å²) in [6.07, 6.45) is 2.23. The van der Waals surface area contributed by atoms with E-state index in [0.717, 1.165) is 24.1 Å². The lowest BCUT2D eigenvalue weighted by Crippen LogP contribution is -2.28. The molecule has 2 aromatic carbocycles. The molecule has 3 aromatic heterocycles. The molecule has 0 aliphatic heterocycles. The molecule has 5 rings (SSSR count). The Morgan fingerprint density at radius 2 is 1.53 bits per heavy atom. The third-order valence-electron chi connectivity index (χ3n) is 6.65. The van der Waals surface area contributed by atoms with E-state index < -0.39 is 0 Å². The highest BCUT2D eigenvalue weighted by molar-refractivity contribution is 6.11. The van der Waals surface area contributed by atoms with Crippen molar-refractivity contribution < 1.29 is 4.57 Å². The number of rotatable bonds is 4. The normalized spacial score (nSPS) is 12.4. The molecule has 0 N–H and O–H groups in total. The van der Waals surface area contributed by atoms with Gasteiger partial charge in [0.05, 0.1) is 18.0 Å². The van der Waals surface area contributed by atoms with E-state index in [1.54, 1.807) is 0 Å². The smallest absolute Gasteiger partial charge is 0.252 e. The fourth-order valence-electron chi connectivity index (χ4n) is 5.46. The van der Waals surface area contributed by atoms with Crippen molar-refractivity contribution in [1.29, 1.82) is 0 Å². The van der Waals surface area contributed by atoms with Crippen LogP contribution in [-0.4, -0.2) is 9.38 Å². The second-order valence-electron chi connectivity index (χ2n) is 10.3. The summed E-state index contributed by atoms with van der Waals surface area (Å²) in [4.78, 5) is 5.01. The number of fused-ring (bicyclic) bond motifs is 8. The second-order valence-corrected chi connectivity index (χ2v) is 10.3. The molecule has 0 aliphatic carbocycles. The predicted molar refractivity (Wildman–Crippen MR) is 135 cm³/mol. The van der Waals surface area contributed by atoms with Crippen LogP contribution in [0.1, 0.15) is 50.1 Å². The van der Waals surface area contributed by atoms with Crippen LogP contribution in [-0.2, 0) is 19.9 Å². The van der Waals surface area contributed by atoms with Crippen molar-refractivity contribution in [2.24, 2.45) is 18.9 Å². The molecule has 0 saturated carbocycles. The third kappa shape index (κ3) is 3.18. The number of hydrogen-bond acceptors (Lipinski definition) is 1. The summed E-state index contributed by atoms with van der Waals surface area (Å²) in [5, 5.41) is 2.47. The highest BCUT2D eigenvalue weighted by atomic mass is 15.1. The van der Waals surface area contributed by atoms with Crippen molar-refractivity contribution in [2.45, 2.75) is 54.4 Å². The first-order valence-electron chi connectivity index (χ1n) is 11.9. The van der Waals surface area contributed by atoms with Crippen molar-refractivity contribution in [3.05, 3.63) is 64.8 Å². The molecule has 0 atom stereocenters. The average molecular weight is 425 g/mol. The summed E-state index contributed by atoms with van der Waals surface area (Å²) in [5.41, 5.74) is 11.5. The first-order valence-corrected chi connectivity index (χ1v) is 11.9. The van der Waals surface area contributed by atoms with Gasteiger partial charge in [-0.15, -0.1) is 0 Å². The van der Waals surface area contributed by atoms with Crippen LogP contribution in [0.3, 0.4) is 0 Å². The highest BCUT2D eigenvalue weighted by Gasteiger charge is 2.26. The van der Waals surface area contributed by atoms with Gasteiger partial charge in [-0.05, 0) is 85.5 Å². The Labute approximate surface area is 190 Å². The lowest BCUT2D eigenvalue weighted by molar-refractivity contribution is -0.617. The molecule has 3 heterocycles. The SMILES string of the molecule is Cc1cc(C)c2c(n1)c1ccccc1n1c3cc(CC(C)C)c(CC(C)C)cc3[n+](C)c21. The van der Waals surface area contributed by atoms with Crippen LogP contribution in [0.5, 0.6) is 0 Å². The predicted octanol–water partition coefficient (Wildman–Crippen LogP) is 6.63. The molecule has 0 bridgehead atoms. The highest BCUT2D eigenvalue weighted by Crippen LogP contribution is 2.33. The Balaban J connectivity index is 2.03. The Kier molecular flexibility index (Phi) is 4.96. The lowest BCUT2D eigenvalue weighted by Gasteiger charge is -2.13. The summed E-state index contributed by atoms with van der Waals surface area (Å²) in [5.74, 6) is 1.27. The van der Waals surface area contributed by atoms with Crippen LogP contribution in [0.25, 0.3) is 38.5 Å². The minimum absolute atomic E-state index is 0.630. The molecule has 0 unspecified atom stereocenters. The number of nitrogens with zero attached hydrogens (tertiary/aromatic N) is 3. The van der Waals surface area contributed by atoms with Gasteiger partial charge in [0.25, 0.3) is 5.65 Å². The summed E-state index contributed by atoms with van der Waals surface area (Å²) in [7, 11) is 2.21. The molecule has 0 radical (unpaired) electrons. The largest absolute Gasteiger partial charge is 0.297 e. The zero-order chi connectivity index (χ0) is 22.7. The molecule has 0 amide bonds.